The van der Waals surface area contributed by atoms with Gasteiger partial charge in [0.1, 0.15) is 5.69 Å². The fraction of sp³-hybridized carbons (Fsp3) is 0.250. The fourth-order valence-electron chi connectivity index (χ4n) is 2.53. The molecule has 0 unspecified atom stereocenters. The molecule has 6 heteroatoms. The maximum absolute atomic E-state index is 11.6. The molecule has 0 aliphatic heterocycles. The van der Waals surface area contributed by atoms with E-state index in [-0.39, 0.29) is 5.78 Å². The van der Waals surface area contributed by atoms with Gasteiger partial charge in [-0.05, 0) is 31.0 Å². The van der Waals surface area contributed by atoms with Crippen molar-refractivity contribution in [2.45, 2.75) is 27.2 Å². The Labute approximate surface area is 132 Å². The van der Waals surface area contributed by atoms with Gasteiger partial charge in [0.15, 0.2) is 11.4 Å². The van der Waals surface area contributed by atoms with Gasteiger partial charge in [-0.15, -0.1) is 10.2 Å². The largest absolute Gasteiger partial charge is 0.293 e. The lowest BCUT2D eigenvalue weighted by molar-refractivity contribution is 0.101. The van der Waals surface area contributed by atoms with Crippen LogP contribution in [0, 0.1) is 6.92 Å². The Hall–Kier alpha value is -2.27. The number of hydrogen-bond donors (Lipinski definition) is 0. The van der Waals surface area contributed by atoms with Crippen molar-refractivity contribution in [3.63, 3.8) is 0 Å². The van der Waals surface area contributed by atoms with Gasteiger partial charge in [-0.25, -0.2) is 4.52 Å². The molecule has 0 N–H and O–H groups in total. The summed E-state index contributed by atoms with van der Waals surface area (Å²) in [6.45, 7) is 5.35. The van der Waals surface area contributed by atoms with E-state index in [2.05, 4.69) is 15.3 Å². The summed E-state index contributed by atoms with van der Waals surface area (Å²) in [4.78, 5) is 11.6. The number of aryl methyl sites for hydroxylation is 2. The summed E-state index contributed by atoms with van der Waals surface area (Å²) >= 11 is 5.96. The number of aromatic nitrogens is 4. The molecule has 0 atom stereocenters. The first-order chi connectivity index (χ1) is 10.5. The number of carbonyl (C=O) groups excluding carboxylic acids is 1. The van der Waals surface area contributed by atoms with Crippen LogP contribution in [0.5, 0.6) is 0 Å². The average Bonchev–Trinajstić information content (AvgIpc) is 2.87. The van der Waals surface area contributed by atoms with Crippen LogP contribution in [0.2, 0.25) is 5.02 Å². The predicted octanol–water partition coefficient (Wildman–Crippen LogP) is 3.52. The Morgan fingerprint density at radius 3 is 2.50 bits per heavy atom. The second-order valence-electron chi connectivity index (χ2n) is 5.11. The van der Waals surface area contributed by atoms with Crippen LogP contribution < -0.4 is 0 Å². The number of benzene rings is 1. The van der Waals surface area contributed by atoms with E-state index in [1.165, 1.54) is 6.92 Å². The zero-order valence-electron chi connectivity index (χ0n) is 12.6. The lowest BCUT2D eigenvalue weighted by Gasteiger charge is -2.04. The van der Waals surface area contributed by atoms with Crippen molar-refractivity contribution in [2.24, 2.45) is 0 Å². The first-order valence-corrected chi connectivity index (χ1v) is 7.42. The Kier molecular flexibility index (Phi) is 3.66. The van der Waals surface area contributed by atoms with Crippen molar-refractivity contribution in [3.8, 4) is 11.1 Å². The summed E-state index contributed by atoms with van der Waals surface area (Å²) in [5.41, 5.74) is 4.54. The number of hydrogen-bond acceptors (Lipinski definition) is 4. The molecule has 2 aromatic heterocycles. The van der Waals surface area contributed by atoms with E-state index < -0.39 is 0 Å². The number of halogens is 1. The van der Waals surface area contributed by atoms with Gasteiger partial charge >= 0.3 is 0 Å². The molecule has 0 spiro atoms. The van der Waals surface area contributed by atoms with Gasteiger partial charge in [-0.2, -0.15) is 5.10 Å². The monoisotopic (exact) mass is 314 g/mol. The molecule has 0 aliphatic carbocycles. The number of rotatable bonds is 3. The zero-order valence-corrected chi connectivity index (χ0v) is 13.3. The highest BCUT2D eigenvalue weighted by molar-refractivity contribution is 6.30. The molecule has 0 bridgehead atoms. The molecule has 1 aromatic carbocycles. The second kappa shape index (κ2) is 5.50. The minimum Gasteiger partial charge on any atom is -0.293 e. The third-order valence-corrected chi connectivity index (χ3v) is 3.89. The van der Waals surface area contributed by atoms with Crippen molar-refractivity contribution in [3.05, 3.63) is 46.4 Å². The Morgan fingerprint density at radius 2 is 1.91 bits per heavy atom. The number of Topliss-reactive ketones (excluding diaryl/α,β-unsaturated/α-hetero) is 1. The van der Waals surface area contributed by atoms with Gasteiger partial charge < -0.3 is 0 Å². The van der Waals surface area contributed by atoms with E-state index >= 15 is 0 Å². The maximum atomic E-state index is 11.6. The molecule has 22 heavy (non-hydrogen) atoms. The van der Waals surface area contributed by atoms with Crippen molar-refractivity contribution >= 4 is 23.0 Å². The Morgan fingerprint density at radius 1 is 1.23 bits per heavy atom. The molecule has 2 heterocycles. The SMILES string of the molecule is CCc1nn2c(C)c(C(C)=O)nnc2c1-c1ccc(Cl)cc1. The van der Waals surface area contributed by atoms with E-state index in [1.54, 1.807) is 4.52 Å². The molecule has 0 aliphatic rings. The van der Waals surface area contributed by atoms with Gasteiger partial charge in [0.25, 0.3) is 0 Å². The molecule has 0 radical (unpaired) electrons. The number of fused-ring (bicyclic) bond motifs is 1. The van der Waals surface area contributed by atoms with E-state index in [0.717, 1.165) is 23.2 Å². The van der Waals surface area contributed by atoms with Gasteiger partial charge in [-0.1, -0.05) is 30.7 Å². The van der Waals surface area contributed by atoms with Crippen molar-refractivity contribution in [1.29, 1.82) is 0 Å². The highest BCUT2D eigenvalue weighted by Gasteiger charge is 2.19. The maximum Gasteiger partial charge on any atom is 0.185 e. The standard InChI is InChI=1S/C16H15ClN4O/c1-4-13-14(11-5-7-12(17)8-6-11)16-19-18-15(10(3)22)9(2)21(16)20-13/h5-8H,4H2,1-3H3. The lowest BCUT2D eigenvalue weighted by Crippen LogP contribution is -2.09. The molecule has 0 amide bonds. The van der Waals surface area contributed by atoms with Gasteiger partial charge in [0.2, 0.25) is 0 Å². The van der Waals surface area contributed by atoms with Crippen molar-refractivity contribution in [2.75, 3.05) is 0 Å². The normalized spacial score (nSPS) is 11.1. The highest BCUT2D eigenvalue weighted by Crippen LogP contribution is 2.29. The van der Waals surface area contributed by atoms with Crippen LogP contribution in [-0.4, -0.2) is 25.6 Å². The number of nitrogens with zero attached hydrogens (tertiary/aromatic N) is 4. The van der Waals surface area contributed by atoms with Gasteiger partial charge in [-0.3, -0.25) is 4.79 Å². The van der Waals surface area contributed by atoms with Crippen LogP contribution in [0.4, 0.5) is 0 Å². The first kappa shape index (κ1) is 14.7. The Balaban J connectivity index is 2.32. The van der Waals surface area contributed by atoms with Crippen LogP contribution in [-0.2, 0) is 6.42 Å². The quantitative estimate of drug-likeness (QED) is 0.694. The second-order valence-corrected chi connectivity index (χ2v) is 5.54. The van der Waals surface area contributed by atoms with Crippen molar-refractivity contribution in [1.82, 2.24) is 19.8 Å². The van der Waals surface area contributed by atoms with Gasteiger partial charge in [0, 0.05) is 11.9 Å². The third kappa shape index (κ3) is 2.27. The van der Waals surface area contributed by atoms with Gasteiger partial charge in [0.05, 0.1) is 17.0 Å². The summed E-state index contributed by atoms with van der Waals surface area (Å²) in [6.07, 6.45) is 0.760. The molecule has 3 aromatic rings. The topological polar surface area (TPSA) is 60.2 Å². The molecular formula is C16H15ClN4O. The molecule has 0 fully saturated rings. The van der Waals surface area contributed by atoms with Crippen LogP contribution in [0.3, 0.4) is 0 Å². The molecule has 5 nitrogen and oxygen atoms in total. The summed E-state index contributed by atoms with van der Waals surface area (Å²) in [6, 6.07) is 7.55. The minimum absolute atomic E-state index is 0.117. The van der Waals surface area contributed by atoms with E-state index in [4.69, 9.17) is 11.6 Å². The summed E-state index contributed by atoms with van der Waals surface area (Å²) < 4.78 is 1.70. The molecule has 0 saturated carbocycles. The highest BCUT2D eigenvalue weighted by atomic mass is 35.5. The van der Waals surface area contributed by atoms with E-state index in [1.807, 2.05) is 38.1 Å². The summed E-state index contributed by atoms with van der Waals surface area (Å²) in [7, 11) is 0. The predicted molar refractivity (Wildman–Crippen MR) is 85.3 cm³/mol. The van der Waals surface area contributed by atoms with Crippen molar-refractivity contribution < 1.29 is 4.79 Å². The first-order valence-electron chi connectivity index (χ1n) is 7.04. The summed E-state index contributed by atoms with van der Waals surface area (Å²) in [5.74, 6) is -0.117. The van der Waals surface area contributed by atoms with Crippen LogP contribution >= 0.6 is 11.6 Å². The summed E-state index contributed by atoms with van der Waals surface area (Å²) in [5, 5.41) is 13.6. The third-order valence-electron chi connectivity index (χ3n) is 3.64. The smallest absolute Gasteiger partial charge is 0.185 e. The van der Waals surface area contributed by atoms with E-state index in [0.29, 0.717) is 22.1 Å². The zero-order chi connectivity index (χ0) is 15.9. The van der Waals surface area contributed by atoms with Crippen LogP contribution in [0.25, 0.3) is 16.8 Å². The van der Waals surface area contributed by atoms with Crippen LogP contribution in [0.1, 0.15) is 35.7 Å². The van der Waals surface area contributed by atoms with E-state index in [9.17, 15) is 4.79 Å². The number of ketones is 1. The Bertz CT molecular complexity index is 868. The van der Waals surface area contributed by atoms with Crippen LogP contribution in [0.15, 0.2) is 24.3 Å². The average molecular weight is 315 g/mol. The fourth-order valence-corrected chi connectivity index (χ4v) is 2.66. The number of carbonyl (C=O) groups is 1. The molecular weight excluding hydrogens is 300 g/mol. The molecule has 3 rings (SSSR count). The molecule has 0 saturated heterocycles. The lowest BCUT2D eigenvalue weighted by atomic mass is 10.0. The minimum atomic E-state index is -0.117. The molecule has 112 valence electrons.